The van der Waals surface area contributed by atoms with E-state index in [2.05, 4.69) is 4.98 Å². The van der Waals surface area contributed by atoms with Crippen molar-refractivity contribution in [1.82, 2.24) is 4.98 Å². The van der Waals surface area contributed by atoms with Gasteiger partial charge in [0.25, 0.3) is 0 Å². The maximum absolute atomic E-state index is 5.86. The Morgan fingerprint density at radius 1 is 1.73 bits per heavy atom. The first-order valence-corrected chi connectivity index (χ1v) is 3.98. The number of hydrogen-bond donors (Lipinski definition) is 1. The van der Waals surface area contributed by atoms with Crippen molar-refractivity contribution in [3.8, 4) is 0 Å². The maximum Gasteiger partial charge on any atom is 0.0637 e. The van der Waals surface area contributed by atoms with E-state index in [1.807, 2.05) is 13.0 Å². The third kappa shape index (κ3) is 1.91. The Labute approximate surface area is 71.4 Å². The Hall–Kier alpha value is -0.600. The summed E-state index contributed by atoms with van der Waals surface area (Å²) in [5, 5.41) is 0.654. The molecule has 1 aromatic rings. The smallest absolute Gasteiger partial charge is 0.0637 e. The molecule has 0 bridgehead atoms. The highest BCUT2D eigenvalue weighted by Crippen LogP contribution is 2.21. The van der Waals surface area contributed by atoms with E-state index in [0.717, 1.165) is 12.0 Å². The third-order valence-corrected chi connectivity index (χ3v) is 1.96. The molecule has 60 valence electrons. The van der Waals surface area contributed by atoms with Crippen LogP contribution in [-0.2, 0) is 0 Å². The van der Waals surface area contributed by atoms with Crippen molar-refractivity contribution in [2.45, 2.75) is 19.4 Å². The van der Waals surface area contributed by atoms with Crippen LogP contribution in [0.5, 0.6) is 0 Å². The SMILES string of the molecule is CCC(N)c1ccncc1Cl. The standard InChI is InChI=1S/C8H11ClN2/c1-2-8(10)6-3-4-11-5-7(6)9/h3-5,8H,2,10H2,1H3. The van der Waals surface area contributed by atoms with Crippen molar-refractivity contribution in [2.24, 2.45) is 5.73 Å². The Morgan fingerprint density at radius 3 is 3.00 bits per heavy atom. The molecule has 0 amide bonds. The number of rotatable bonds is 2. The van der Waals surface area contributed by atoms with Crippen molar-refractivity contribution < 1.29 is 0 Å². The minimum atomic E-state index is 0.0329. The largest absolute Gasteiger partial charge is 0.324 e. The molecule has 1 unspecified atom stereocenters. The van der Waals surface area contributed by atoms with E-state index in [1.54, 1.807) is 12.4 Å². The normalized spacial score (nSPS) is 13.0. The van der Waals surface area contributed by atoms with Gasteiger partial charge in [-0.05, 0) is 18.1 Å². The fraction of sp³-hybridized carbons (Fsp3) is 0.375. The second kappa shape index (κ2) is 3.69. The Kier molecular flexibility index (Phi) is 2.85. The van der Waals surface area contributed by atoms with Crippen molar-refractivity contribution >= 4 is 11.6 Å². The summed E-state index contributed by atoms with van der Waals surface area (Å²) in [7, 11) is 0. The number of pyridine rings is 1. The predicted octanol–water partition coefficient (Wildman–Crippen LogP) is 2.14. The van der Waals surface area contributed by atoms with Crippen LogP contribution in [0.15, 0.2) is 18.5 Å². The zero-order chi connectivity index (χ0) is 8.27. The minimum Gasteiger partial charge on any atom is -0.324 e. The van der Waals surface area contributed by atoms with Gasteiger partial charge in [-0.1, -0.05) is 18.5 Å². The first-order chi connectivity index (χ1) is 5.25. The van der Waals surface area contributed by atoms with E-state index in [9.17, 15) is 0 Å². The van der Waals surface area contributed by atoms with Gasteiger partial charge in [0.05, 0.1) is 5.02 Å². The third-order valence-electron chi connectivity index (χ3n) is 1.64. The van der Waals surface area contributed by atoms with E-state index < -0.39 is 0 Å². The summed E-state index contributed by atoms with van der Waals surface area (Å²) in [6.45, 7) is 2.03. The molecule has 2 N–H and O–H groups in total. The van der Waals surface area contributed by atoms with Crippen LogP contribution in [0.4, 0.5) is 0 Å². The van der Waals surface area contributed by atoms with Gasteiger partial charge in [0, 0.05) is 18.4 Å². The summed E-state index contributed by atoms with van der Waals surface area (Å²) in [5.74, 6) is 0. The lowest BCUT2D eigenvalue weighted by molar-refractivity contribution is 0.697. The Balaban J connectivity index is 2.93. The van der Waals surface area contributed by atoms with Crippen LogP contribution in [-0.4, -0.2) is 4.98 Å². The molecular formula is C8H11ClN2. The lowest BCUT2D eigenvalue weighted by Crippen LogP contribution is -2.09. The molecular weight excluding hydrogens is 160 g/mol. The van der Waals surface area contributed by atoms with Crippen LogP contribution in [0.1, 0.15) is 24.9 Å². The van der Waals surface area contributed by atoms with Gasteiger partial charge in [0.1, 0.15) is 0 Å². The van der Waals surface area contributed by atoms with E-state index in [1.165, 1.54) is 0 Å². The summed E-state index contributed by atoms with van der Waals surface area (Å²) in [6.07, 6.45) is 4.22. The number of halogens is 1. The van der Waals surface area contributed by atoms with Gasteiger partial charge in [0.15, 0.2) is 0 Å². The molecule has 1 aromatic heterocycles. The average Bonchev–Trinajstić information content (AvgIpc) is 2.04. The van der Waals surface area contributed by atoms with Crippen molar-refractivity contribution in [1.29, 1.82) is 0 Å². The average molecular weight is 171 g/mol. The van der Waals surface area contributed by atoms with Gasteiger partial charge >= 0.3 is 0 Å². The fourth-order valence-corrected chi connectivity index (χ4v) is 1.17. The van der Waals surface area contributed by atoms with Crippen LogP contribution in [0.25, 0.3) is 0 Å². The molecule has 1 atom stereocenters. The van der Waals surface area contributed by atoms with E-state index >= 15 is 0 Å². The zero-order valence-corrected chi connectivity index (χ0v) is 7.17. The molecule has 0 radical (unpaired) electrons. The molecule has 0 fully saturated rings. The Bertz CT molecular complexity index is 237. The lowest BCUT2D eigenvalue weighted by Gasteiger charge is -2.09. The molecule has 0 aliphatic rings. The molecule has 0 saturated heterocycles. The second-order valence-corrected chi connectivity index (χ2v) is 2.82. The van der Waals surface area contributed by atoms with Gasteiger partial charge in [-0.25, -0.2) is 0 Å². The number of aromatic nitrogens is 1. The van der Waals surface area contributed by atoms with Crippen LogP contribution >= 0.6 is 11.6 Å². The summed E-state index contributed by atoms with van der Waals surface area (Å²) < 4.78 is 0. The van der Waals surface area contributed by atoms with Gasteiger partial charge in [-0.3, -0.25) is 4.98 Å². The van der Waals surface area contributed by atoms with Crippen molar-refractivity contribution in [3.05, 3.63) is 29.0 Å². The molecule has 0 aliphatic heterocycles. The highest BCUT2D eigenvalue weighted by atomic mass is 35.5. The molecule has 3 heteroatoms. The quantitative estimate of drug-likeness (QED) is 0.739. The molecule has 2 nitrogen and oxygen atoms in total. The van der Waals surface area contributed by atoms with E-state index in [-0.39, 0.29) is 6.04 Å². The maximum atomic E-state index is 5.86. The summed E-state index contributed by atoms with van der Waals surface area (Å²) in [5.41, 5.74) is 6.76. The van der Waals surface area contributed by atoms with Gasteiger partial charge in [0.2, 0.25) is 0 Å². The molecule has 0 spiro atoms. The minimum absolute atomic E-state index is 0.0329. The van der Waals surface area contributed by atoms with E-state index in [4.69, 9.17) is 17.3 Å². The van der Waals surface area contributed by atoms with Gasteiger partial charge in [-0.15, -0.1) is 0 Å². The molecule has 1 rings (SSSR count). The first-order valence-electron chi connectivity index (χ1n) is 3.60. The topological polar surface area (TPSA) is 38.9 Å². The Morgan fingerprint density at radius 2 is 2.45 bits per heavy atom. The van der Waals surface area contributed by atoms with Crippen LogP contribution in [0.2, 0.25) is 5.02 Å². The van der Waals surface area contributed by atoms with Crippen LogP contribution in [0, 0.1) is 0 Å². The summed E-state index contributed by atoms with van der Waals surface area (Å²) in [4.78, 5) is 3.87. The summed E-state index contributed by atoms with van der Waals surface area (Å²) in [6, 6.07) is 1.89. The van der Waals surface area contributed by atoms with Crippen molar-refractivity contribution in [3.63, 3.8) is 0 Å². The highest BCUT2D eigenvalue weighted by molar-refractivity contribution is 6.31. The van der Waals surface area contributed by atoms with Crippen LogP contribution in [0.3, 0.4) is 0 Å². The lowest BCUT2D eigenvalue weighted by atomic mass is 10.1. The monoisotopic (exact) mass is 170 g/mol. The van der Waals surface area contributed by atoms with E-state index in [0.29, 0.717) is 5.02 Å². The molecule has 11 heavy (non-hydrogen) atoms. The van der Waals surface area contributed by atoms with Gasteiger partial charge < -0.3 is 5.73 Å². The predicted molar refractivity (Wildman–Crippen MR) is 46.5 cm³/mol. The van der Waals surface area contributed by atoms with Crippen molar-refractivity contribution in [2.75, 3.05) is 0 Å². The zero-order valence-electron chi connectivity index (χ0n) is 6.42. The highest BCUT2D eigenvalue weighted by Gasteiger charge is 2.06. The summed E-state index contributed by atoms with van der Waals surface area (Å²) >= 11 is 5.86. The number of nitrogens with two attached hydrogens (primary N) is 1. The molecule has 1 heterocycles. The molecule has 0 aliphatic carbocycles. The first kappa shape index (κ1) is 8.50. The number of hydrogen-bond acceptors (Lipinski definition) is 2. The fourth-order valence-electron chi connectivity index (χ4n) is 0.907. The second-order valence-electron chi connectivity index (χ2n) is 2.41. The van der Waals surface area contributed by atoms with Gasteiger partial charge in [-0.2, -0.15) is 0 Å². The number of nitrogens with zero attached hydrogens (tertiary/aromatic N) is 1. The molecule has 0 saturated carbocycles. The van der Waals surface area contributed by atoms with Crippen LogP contribution < -0.4 is 5.73 Å². The molecule has 0 aromatic carbocycles.